The van der Waals surface area contributed by atoms with Crippen molar-refractivity contribution in [3.05, 3.63) is 35.9 Å². The van der Waals surface area contributed by atoms with E-state index in [1.54, 1.807) is 23.8 Å². The second-order valence-corrected chi connectivity index (χ2v) is 14.7. The third-order valence-corrected chi connectivity index (χ3v) is 10.4. The highest BCUT2D eigenvalue weighted by Gasteiger charge is 2.43. The Labute approximate surface area is 304 Å². The minimum absolute atomic E-state index is 0.0221. The number of nitrogens with zero attached hydrogens (tertiary/aromatic N) is 2. The number of rotatable bonds is 20. The van der Waals surface area contributed by atoms with Gasteiger partial charge in [-0.3, -0.25) is 19.2 Å². The summed E-state index contributed by atoms with van der Waals surface area (Å²) in [6, 6.07) is 5.45. The Balaban J connectivity index is 2.25. The smallest absolute Gasteiger partial charge is 0.326 e. The van der Waals surface area contributed by atoms with Crippen molar-refractivity contribution in [2.24, 2.45) is 29.4 Å². The molecule has 0 saturated carbocycles. The maximum absolute atomic E-state index is 14.1. The highest BCUT2D eigenvalue weighted by atomic mass is 16.5. The number of methoxy groups -OCH3 is 2. The molecular formula is C38H63N5O8. The van der Waals surface area contributed by atoms with Gasteiger partial charge in [0.15, 0.2) is 0 Å². The molecule has 1 aliphatic heterocycles. The first-order valence-corrected chi connectivity index (χ1v) is 18.2. The van der Waals surface area contributed by atoms with E-state index in [1.807, 2.05) is 71.9 Å². The van der Waals surface area contributed by atoms with Crippen molar-refractivity contribution in [3.8, 4) is 0 Å². The third kappa shape index (κ3) is 11.7. The summed E-state index contributed by atoms with van der Waals surface area (Å²) in [7, 11) is 4.69. The second kappa shape index (κ2) is 20.5. The monoisotopic (exact) mass is 717 g/mol. The van der Waals surface area contributed by atoms with Gasteiger partial charge >= 0.3 is 5.97 Å². The molecule has 2 unspecified atom stereocenters. The lowest BCUT2D eigenvalue weighted by atomic mass is 9.89. The van der Waals surface area contributed by atoms with Crippen molar-refractivity contribution >= 4 is 29.6 Å². The zero-order chi connectivity index (χ0) is 38.6. The number of nitrogens with one attached hydrogen (secondary N) is 2. The van der Waals surface area contributed by atoms with Gasteiger partial charge in [0.2, 0.25) is 23.6 Å². The summed E-state index contributed by atoms with van der Waals surface area (Å²) < 4.78 is 11.8. The molecule has 1 aromatic rings. The zero-order valence-electron chi connectivity index (χ0n) is 32.3. The normalized spacial score (nSPS) is 19.4. The van der Waals surface area contributed by atoms with E-state index in [9.17, 15) is 29.1 Å². The molecule has 0 spiro atoms. The molecule has 288 valence electrons. The average molecular weight is 718 g/mol. The molecule has 9 atom stereocenters. The quantitative estimate of drug-likeness (QED) is 0.158. The number of amides is 4. The van der Waals surface area contributed by atoms with Crippen LogP contribution in [-0.4, -0.2) is 115 Å². The number of aliphatic carboxylic acids is 1. The largest absolute Gasteiger partial charge is 0.480 e. The van der Waals surface area contributed by atoms with Gasteiger partial charge in [-0.25, -0.2) is 4.79 Å². The van der Waals surface area contributed by atoms with Crippen molar-refractivity contribution in [3.63, 3.8) is 0 Å². The average Bonchev–Trinajstić information content (AvgIpc) is 3.59. The van der Waals surface area contributed by atoms with Gasteiger partial charge in [-0.1, -0.05) is 85.2 Å². The van der Waals surface area contributed by atoms with Crippen LogP contribution in [0, 0.1) is 23.7 Å². The van der Waals surface area contributed by atoms with Gasteiger partial charge in [0.1, 0.15) is 12.1 Å². The maximum atomic E-state index is 14.1. The van der Waals surface area contributed by atoms with Gasteiger partial charge in [0.05, 0.1) is 42.7 Å². The first-order valence-electron chi connectivity index (χ1n) is 18.2. The molecule has 13 heteroatoms. The number of carbonyl (C=O) groups is 5. The van der Waals surface area contributed by atoms with Crippen molar-refractivity contribution in [1.29, 1.82) is 0 Å². The molecule has 4 amide bonds. The van der Waals surface area contributed by atoms with Crippen molar-refractivity contribution < 1.29 is 38.6 Å². The fraction of sp³-hybridized carbons (Fsp3) is 0.711. The van der Waals surface area contributed by atoms with Crippen LogP contribution in [0.4, 0.5) is 0 Å². The van der Waals surface area contributed by atoms with Crippen molar-refractivity contribution in [2.75, 3.05) is 27.8 Å². The van der Waals surface area contributed by atoms with Crippen molar-refractivity contribution in [1.82, 2.24) is 20.4 Å². The number of carboxylic acids is 1. The Morgan fingerprint density at radius 2 is 1.59 bits per heavy atom. The molecule has 1 fully saturated rings. The van der Waals surface area contributed by atoms with Crippen LogP contribution >= 0.6 is 0 Å². The number of carboxylic acid groups (broad SMARTS) is 1. The van der Waals surface area contributed by atoms with Crippen LogP contribution in [0.15, 0.2) is 30.3 Å². The predicted octanol–water partition coefficient (Wildman–Crippen LogP) is 2.84. The van der Waals surface area contributed by atoms with Crippen LogP contribution in [0.2, 0.25) is 0 Å². The highest BCUT2D eigenvalue weighted by Crippen LogP contribution is 2.29. The van der Waals surface area contributed by atoms with Crippen molar-refractivity contribution in [2.45, 2.75) is 123 Å². The summed E-state index contributed by atoms with van der Waals surface area (Å²) in [5, 5.41) is 15.4. The zero-order valence-corrected chi connectivity index (χ0v) is 32.3. The first kappa shape index (κ1) is 43.6. The summed E-state index contributed by atoms with van der Waals surface area (Å²) in [5.74, 6) is -3.63. The van der Waals surface area contributed by atoms with Crippen LogP contribution in [0.25, 0.3) is 0 Å². The summed E-state index contributed by atoms with van der Waals surface area (Å²) in [6.07, 6.45) is 0.766. The van der Waals surface area contributed by atoms with Gasteiger partial charge in [-0.05, 0) is 36.2 Å². The Hall–Kier alpha value is -3.55. The minimum Gasteiger partial charge on any atom is -0.480 e. The lowest BCUT2D eigenvalue weighted by Crippen LogP contribution is -2.59. The van der Waals surface area contributed by atoms with E-state index in [0.717, 1.165) is 5.56 Å². The molecule has 1 aromatic carbocycles. The SMILES string of the molecule is CC[C@H](C)C([C@@H](CC(=O)N1CCC[C@H]1[C@H](OC)[C@@H](C)C(=O)NC(Cc1ccccc1)C(=O)O)OC)N(C)C(=O)[C@@H](NC(=O)[C@@H](N)C(C)C)C(C)C. The Bertz CT molecular complexity index is 1290. The predicted molar refractivity (Wildman–Crippen MR) is 195 cm³/mol. The summed E-state index contributed by atoms with van der Waals surface area (Å²) in [4.78, 5) is 69.8. The van der Waals surface area contributed by atoms with E-state index in [-0.39, 0.29) is 42.4 Å². The van der Waals surface area contributed by atoms with Gasteiger partial charge in [0.25, 0.3) is 0 Å². The standard InChI is InChI=1S/C38H63N5O8/c1-11-24(6)33(42(8)37(47)32(23(4)5)41-36(46)31(39)22(2)3)29(50-9)21-30(44)43-19-15-18-28(43)34(51-10)25(7)35(45)40-27(38(48)49)20-26-16-13-12-14-17-26/h12-14,16-17,22-25,27-29,31-34H,11,15,18-21,39H2,1-10H3,(H,40,45)(H,41,46)(H,48,49)/t24-,25+,27?,28-,29+,31-,32-,33?,34+/m0/s1. The number of benzene rings is 1. The summed E-state index contributed by atoms with van der Waals surface area (Å²) >= 11 is 0. The first-order chi connectivity index (χ1) is 24.0. The number of likely N-dealkylation sites (tertiary alicyclic amines) is 1. The fourth-order valence-corrected chi connectivity index (χ4v) is 6.94. The van der Waals surface area contributed by atoms with E-state index >= 15 is 0 Å². The van der Waals surface area contributed by atoms with E-state index in [2.05, 4.69) is 10.6 Å². The topological polar surface area (TPSA) is 181 Å². The number of hydrogen-bond acceptors (Lipinski definition) is 8. The van der Waals surface area contributed by atoms with Gasteiger partial charge in [-0.2, -0.15) is 0 Å². The molecule has 1 heterocycles. The van der Waals surface area contributed by atoms with Gasteiger partial charge in [0, 0.05) is 34.2 Å². The summed E-state index contributed by atoms with van der Waals surface area (Å²) in [5.41, 5.74) is 6.87. The van der Waals surface area contributed by atoms with Gasteiger partial charge < -0.3 is 40.7 Å². The number of carbonyl (C=O) groups excluding carboxylic acids is 4. The molecule has 2 rings (SSSR count). The Morgan fingerprint density at radius 1 is 0.961 bits per heavy atom. The second-order valence-electron chi connectivity index (χ2n) is 14.7. The summed E-state index contributed by atoms with van der Waals surface area (Å²) in [6.45, 7) is 13.6. The van der Waals surface area contributed by atoms with Crippen LogP contribution in [0.5, 0.6) is 0 Å². The van der Waals surface area contributed by atoms with E-state index in [4.69, 9.17) is 15.2 Å². The molecular weight excluding hydrogens is 654 g/mol. The minimum atomic E-state index is -1.14. The van der Waals surface area contributed by atoms with Crippen LogP contribution in [0.3, 0.4) is 0 Å². The molecule has 13 nitrogen and oxygen atoms in total. The number of nitrogens with two attached hydrogens (primary N) is 1. The van der Waals surface area contributed by atoms with E-state index in [1.165, 1.54) is 14.2 Å². The molecule has 51 heavy (non-hydrogen) atoms. The molecule has 1 saturated heterocycles. The van der Waals surface area contributed by atoms with Crippen LogP contribution in [0.1, 0.15) is 79.7 Å². The molecule has 1 aliphatic rings. The number of hydrogen-bond donors (Lipinski definition) is 4. The molecule has 5 N–H and O–H groups in total. The maximum Gasteiger partial charge on any atom is 0.326 e. The highest BCUT2D eigenvalue weighted by molar-refractivity contribution is 5.90. The van der Waals surface area contributed by atoms with E-state index in [0.29, 0.717) is 25.8 Å². The molecule has 0 aliphatic carbocycles. The third-order valence-electron chi connectivity index (χ3n) is 10.4. The Morgan fingerprint density at radius 3 is 2.10 bits per heavy atom. The van der Waals surface area contributed by atoms with Gasteiger partial charge in [-0.15, -0.1) is 0 Å². The van der Waals surface area contributed by atoms with E-state index < -0.39 is 66.1 Å². The molecule has 0 radical (unpaired) electrons. The molecule has 0 bridgehead atoms. The number of ether oxygens (including phenoxy) is 2. The fourth-order valence-electron chi connectivity index (χ4n) is 6.94. The lowest BCUT2D eigenvalue weighted by Gasteiger charge is -2.41. The van der Waals surface area contributed by atoms with Crippen LogP contribution < -0.4 is 16.4 Å². The molecule has 0 aromatic heterocycles. The number of likely N-dealkylation sites (N-methyl/N-ethyl adjacent to an activating group) is 1. The Kier molecular flexibility index (Phi) is 17.5. The van der Waals surface area contributed by atoms with Crippen LogP contribution in [-0.2, 0) is 39.9 Å². The lowest BCUT2D eigenvalue weighted by molar-refractivity contribution is -0.148.